The molecular weight excluding hydrogens is 200 g/mol. The van der Waals surface area contributed by atoms with Crippen LogP contribution in [-0.2, 0) is 9.53 Å². The minimum atomic E-state index is -0.145. The van der Waals surface area contributed by atoms with Gasteiger partial charge in [0.15, 0.2) is 0 Å². The van der Waals surface area contributed by atoms with E-state index in [-0.39, 0.29) is 12.1 Å². The predicted octanol–water partition coefficient (Wildman–Crippen LogP) is 4.32. The van der Waals surface area contributed by atoms with Crippen LogP contribution in [0, 0.1) is 5.92 Å². The molecule has 2 unspecified atom stereocenters. The molecule has 0 aliphatic heterocycles. The van der Waals surface area contributed by atoms with E-state index in [0.29, 0.717) is 0 Å². The monoisotopic (exact) mass is 228 g/mol. The van der Waals surface area contributed by atoms with E-state index in [1.165, 1.54) is 39.0 Å². The molecule has 0 aliphatic carbocycles. The topological polar surface area (TPSA) is 26.3 Å². The maximum atomic E-state index is 10.9. The molecule has 2 atom stereocenters. The van der Waals surface area contributed by atoms with E-state index in [0.717, 1.165) is 18.8 Å². The maximum Gasteiger partial charge on any atom is 0.302 e. The lowest BCUT2D eigenvalue weighted by Crippen LogP contribution is -2.16. The van der Waals surface area contributed by atoms with Crippen molar-refractivity contribution in [1.82, 2.24) is 0 Å². The van der Waals surface area contributed by atoms with Crippen molar-refractivity contribution >= 4 is 5.97 Å². The molecule has 0 saturated carbocycles. The lowest BCUT2D eigenvalue weighted by Gasteiger charge is -2.19. The predicted molar refractivity (Wildman–Crippen MR) is 68.4 cm³/mol. The Morgan fingerprint density at radius 2 is 1.75 bits per heavy atom. The number of esters is 1. The summed E-state index contributed by atoms with van der Waals surface area (Å²) in [6.07, 6.45) is 8.46. The zero-order valence-corrected chi connectivity index (χ0v) is 11.4. The van der Waals surface area contributed by atoms with Crippen molar-refractivity contribution < 1.29 is 9.53 Å². The van der Waals surface area contributed by atoms with E-state index in [1.807, 2.05) is 0 Å². The highest BCUT2D eigenvalue weighted by Crippen LogP contribution is 2.21. The molecule has 0 aromatic rings. The van der Waals surface area contributed by atoms with Gasteiger partial charge in [0.2, 0.25) is 0 Å². The Morgan fingerprint density at radius 3 is 2.19 bits per heavy atom. The first-order valence-corrected chi connectivity index (χ1v) is 6.81. The Kier molecular flexibility index (Phi) is 9.36. The highest BCUT2D eigenvalue weighted by atomic mass is 16.5. The molecule has 0 spiro atoms. The summed E-state index contributed by atoms with van der Waals surface area (Å²) in [5, 5.41) is 0. The summed E-state index contributed by atoms with van der Waals surface area (Å²) < 4.78 is 5.26. The molecule has 0 N–H and O–H groups in total. The quantitative estimate of drug-likeness (QED) is 0.549. The van der Waals surface area contributed by atoms with Crippen LogP contribution in [0.25, 0.3) is 0 Å². The highest BCUT2D eigenvalue weighted by Gasteiger charge is 2.13. The Labute approximate surface area is 101 Å². The van der Waals surface area contributed by atoms with Gasteiger partial charge in [0.05, 0.1) is 0 Å². The van der Waals surface area contributed by atoms with E-state index in [1.54, 1.807) is 0 Å². The molecule has 16 heavy (non-hydrogen) atoms. The Bertz CT molecular complexity index is 178. The first-order chi connectivity index (χ1) is 7.63. The third-order valence-electron chi connectivity index (χ3n) is 3.23. The normalized spacial score (nSPS) is 14.5. The zero-order chi connectivity index (χ0) is 12.4. The van der Waals surface area contributed by atoms with E-state index in [9.17, 15) is 4.79 Å². The largest absolute Gasteiger partial charge is 0.463 e. The molecule has 2 nitrogen and oxygen atoms in total. The van der Waals surface area contributed by atoms with Gasteiger partial charge in [-0.05, 0) is 25.2 Å². The van der Waals surface area contributed by atoms with Crippen LogP contribution in [0.2, 0.25) is 0 Å². The number of ether oxygens (including phenoxy) is 1. The van der Waals surface area contributed by atoms with Crippen LogP contribution in [0.1, 0.15) is 72.6 Å². The van der Waals surface area contributed by atoms with Crippen molar-refractivity contribution in [2.75, 3.05) is 0 Å². The molecule has 0 aromatic carbocycles. The van der Waals surface area contributed by atoms with Crippen molar-refractivity contribution in [3.63, 3.8) is 0 Å². The van der Waals surface area contributed by atoms with Crippen molar-refractivity contribution in [3.8, 4) is 0 Å². The fourth-order valence-corrected chi connectivity index (χ4v) is 2.05. The molecule has 0 aromatic heterocycles. The number of carbonyl (C=O) groups is 1. The molecule has 0 bridgehead atoms. The van der Waals surface area contributed by atoms with Crippen LogP contribution in [0.15, 0.2) is 0 Å². The van der Waals surface area contributed by atoms with E-state index in [2.05, 4.69) is 20.8 Å². The first-order valence-electron chi connectivity index (χ1n) is 6.81. The number of unbranched alkanes of at least 4 members (excludes halogenated alkanes) is 1. The van der Waals surface area contributed by atoms with Crippen molar-refractivity contribution in [3.05, 3.63) is 0 Å². The molecule has 0 aliphatic rings. The summed E-state index contributed by atoms with van der Waals surface area (Å²) in [5.41, 5.74) is 0. The summed E-state index contributed by atoms with van der Waals surface area (Å²) in [5.74, 6) is 0.665. The molecule has 0 amide bonds. The van der Waals surface area contributed by atoms with Gasteiger partial charge in [-0.3, -0.25) is 4.79 Å². The highest BCUT2D eigenvalue weighted by molar-refractivity contribution is 5.66. The van der Waals surface area contributed by atoms with Crippen LogP contribution < -0.4 is 0 Å². The minimum absolute atomic E-state index is 0.133. The molecule has 0 rings (SSSR count). The lowest BCUT2D eigenvalue weighted by atomic mass is 9.92. The smallest absolute Gasteiger partial charge is 0.302 e. The van der Waals surface area contributed by atoms with Gasteiger partial charge in [0.1, 0.15) is 6.10 Å². The zero-order valence-electron chi connectivity index (χ0n) is 11.4. The average molecular weight is 228 g/mol. The number of hydrogen-bond acceptors (Lipinski definition) is 2. The third-order valence-corrected chi connectivity index (χ3v) is 3.23. The van der Waals surface area contributed by atoms with Gasteiger partial charge in [-0.25, -0.2) is 0 Å². The van der Waals surface area contributed by atoms with Gasteiger partial charge in [-0.15, -0.1) is 0 Å². The van der Waals surface area contributed by atoms with Gasteiger partial charge in [-0.2, -0.15) is 0 Å². The summed E-state index contributed by atoms with van der Waals surface area (Å²) in [6, 6.07) is 0. The second kappa shape index (κ2) is 9.68. The van der Waals surface area contributed by atoms with Crippen molar-refractivity contribution in [2.45, 2.75) is 78.7 Å². The van der Waals surface area contributed by atoms with Crippen LogP contribution >= 0.6 is 0 Å². The van der Waals surface area contributed by atoms with Gasteiger partial charge < -0.3 is 4.74 Å². The Balaban J connectivity index is 3.82. The molecule has 2 heteroatoms. The molecular formula is C14H28O2. The summed E-state index contributed by atoms with van der Waals surface area (Å²) >= 11 is 0. The third kappa shape index (κ3) is 7.72. The summed E-state index contributed by atoms with van der Waals surface area (Å²) in [6.45, 7) is 8.07. The van der Waals surface area contributed by atoms with Crippen LogP contribution in [0.5, 0.6) is 0 Å². The molecule has 0 saturated heterocycles. The second-order valence-electron chi connectivity index (χ2n) is 4.63. The van der Waals surface area contributed by atoms with Gasteiger partial charge >= 0.3 is 5.97 Å². The number of hydrogen-bond donors (Lipinski definition) is 0. The fourth-order valence-electron chi connectivity index (χ4n) is 2.05. The van der Waals surface area contributed by atoms with Gasteiger partial charge in [0, 0.05) is 6.92 Å². The van der Waals surface area contributed by atoms with Crippen LogP contribution in [0.4, 0.5) is 0 Å². The van der Waals surface area contributed by atoms with Gasteiger partial charge in [0.25, 0.3) is 0 Å². The molecule has 0 radical (unpaired) electrons. The average Bonchev–Trinajstić information content (AvgIpc) is 2.27. The lowest BCUT2D eigenvalue weighted by molar-refractivity contribution is -0.146. The SMILES string of the molecule is CCCCC(CC)CCC(CC)OC(C)=O. The van der Waals surface area contributed by atoms with Crippen molar-refractivity contribution in [1.29, 1.82) is 0 Å². The van der Waals surface area contributed by atoms with Crippen molar-refractivity contribution in [2.24, 2.45) is 5.92 Å². The van der Waals surface area contributed by atoms with Crippen LogP contribution in [0.3, 0.4) is 0 Å². The number of rotatable bonds is 9. The fraction of sp³-hybridized carbons (Fsp3) is 0.929. The van der Waals surface area contributed by atoms with E-state index in [4.69, 9.17) is 4.74 Å². The first kappa shape index (κ1) is 15.5. The Hall–Kier alpha value is -0.530. The molecule has 0 fully saturated rings. The molecule has 96 valence electrons. The summed E-state index contributed by atoms with van der Waals surface area (Å²) in [7, 11) is 0. The van der Waals surface area contributed by atoms with Gasteiger partial charge in [-0.1, -0.05) is 46.5 Å². The number of carbonyl (C=O) groups excluding carboxylic acids is 1. The summed E-state index contributed by atoms with van der Waals surface area (Å²) in [4.78, 5) is 10.9. The minimum Gasteiger partial charge on any atom is -0.463 e. The van der Waals surface area contributed by atoms with E-state index >= 15 is 0 Å². The Morgan fingerprint density at radius 1 is 1.06 bits per heavy atom. The maximum absolute atomic E-state index is 10.9. The molecule has 0 heterocycles. The standard InChI is InChI=1S/C14H28O2/c1-5-8-9-13(6-2)10-11-14(7-3)16-12(4)15/h13-14H,5-11H2,1-4H3. The van der Waals surface area contributed by atoms with Crippen LogP contribution in [-0.4, -0.2) is 12.1 Å². The van der Waals surface area contributed by atoms with E-state index < -0.39 is 0 Å². The second-order valence-corrected chi connectivity index (χ2v) is 4.63.